The molecule has 150 valence electrons. The Bertz CT molecular complexity index is 940. The van der Waals surface area contributed by atoms with Crippen molar-refractivity contribution in [2.24, 2.45) is 0 Å². The fourth-order valence-electron chi connectivity index (χ4n) is 3.15. The van der Waals surface area contributed by atoms with Crippen LogP contribution in [0.25, 0.3) is 0 Å². The van der Waals surface area contributed by atoms with Crippen LogP contribution in [0.5, 0.6) is 0 Å². The van der Waals surface area contributed by atoms with Gasteiger partial charge in [0.2, 0.25) is 15.9 Å². The summed E-state index contributed by atoms with van der Waals surface area (Å²) in [5, 5.41) is 2.34. The van der Waals surface area contributed by atoms with Crippen LogP contribution in [-0.4, -0.2) is 31.7 Å². The number of rotatable bonds is 6. The number of aryl methyl sites for hydroxylation is 1. The lowest BCUT2D eigenvalue weighted by molar-refractivity contribution is -0.116. The summed E-state index contributed by atoms with van der Waals surface area (Å²) in [6.07, 6.45) is 3.21. The van der Waals surface area contributed by atoms with Gasteiger partial charge < -0.3 is 5.32 Å². The molecule has 5 nitrogen and oxygen atoms in total. The monoisotopic (exact) mass is 408 g/mol. The molecule has 1 saturated heterocycles. The molecule has 1 amide bonds. The SMILES string of the molecule is O=C(CCc1ccc(S(=O)(=O)N2CCCCC2)cc1)Nc1cc(F)ccc1F. The van der Waals surface area contributed by atoms with Gasteiger partial charge in [-0.3, -0.25) is 4.79 Å². The number of hydrogen-bond acceptors (Lipinski definition) is 3. The van der Waals surface area contributed by atoms with Crippen LogP contribution >= 0.6 is 0 Å². The number of halogens is 2. The highest BCUT2D eigenvalue weighted by molar-refractivity contribution is 7.89. The summed E-state index contributed by atoms with van der Waals surface area (Å²) in [6.45, 7) is 1.09. The van der Waals surface area contributed by atoms with E-state index in [-0.39, 0.29) is 17.0 Å². The quantitative estimate of drug-likeness (QED) is 0.792. The van der Waals surface area contributed by atoms with Gasteiger partial charge in [-0.15, -0.1) is 0 Å². The van der Waals surface area contributed by atoms with E-state index in [0.717, 1.165) is 43.0 Å². The summed E-state index contributed by atoms with van der Waals surface area (Å²) in [4.78, 5) is 12.2. The normalized spacial score (nSPS) is 15.4. The Balaban J connectivity index is 1.58. The Morgan fingerprint density at radius 3 is 2.36 bits per heavy atom. The topological polar surface area (TPSA) is 66.5 Å². The highest BCUT2D eigenvalue weighted by Gasteiger charge is 2.25. The molecular formula is C20H22F2N2O3S. The van der Waals surface area contributed by atoms with Crippen LogP contribution in [0, 0.1) is 11.6 Å². The molecule has 2 aromatic carbocycles. The van der Waals surface area contributed by atoms with Crippen LogP contribution in [0.3, 0.4) is 0 Å². The maximum absolute atomic E-state index is 13.6. The van der Waals surface area contributed by atoms with Crippen molar-refractivity contribution in [3.63, 3.8) is 0 Å². The summed E-state index contributed by atoms with van der Waals surface area (Å²) in [5.41, 5.74) is 0.584. The van der Waals surface area contributed by atoms with Crippen molar-refractivity contribution in [1.82, 2.24) is 4.31 Å². The zero-order valence-corrected chi connectivity index (χ0v) is 16.1. The number of carbonyl (C=O) groups is 1. The van der Waals surface area contributed by atoms with Crippen molar-refractivity contribution < 1.29 is 22.0 Å². The minimum absolute atomic E-state index is 0.0637. The van der Waals surface area contributed by atoms with Gasteiger partial charge in [0.15, 0.2) is 0 Å². The first-order valence-corrected chi connectivity index (χ1v) is 10.6. The van der Waals surface area contributed by atoms with Crippen molar-refractivity contribution in [1.29, 1.82) is 0 Å². The third-order valence-electron chi connectivity index (χ3n) is 4.72. The molecule has 0 spiro atoms. The molecule has 1 N–H and O–H groups in total. The lowest BCUT2D eigenvalue weighted by atomic mass is 10.1. The molecule has 0 bridgehead atoms. The average molecular weight is 408 g/mol. The molecule has 3 rings (SSSR count). The third kappa shape index (κ3) is 4.94. The first-order valence-electron chi connectivity index (χ1n) is 9.20. The highest BCUT2D eigenvalue weighted by atomic mass is 32.2. The maximum atomic E-state index is 13.6. The number of nitrogens with zero attached hydrogens (tertiary/aromatic N) is 1. The standard InChI is InChI=1S/C20H22F2N2O3S/c21-16-7-10-18(22)19(14-16)23-20(25)11-6-15-4-8-17(9-5-15)28(26,27)24-12-2-1-3-13-24/h4-5,7-10,14H,1-3,6,11-13H2,(H,23,25). The predicted molar refractivity (Wildman–Crippen MR) is 102 cm³/mol. The summed E-state index contributed by atoms with van der Waals surface area (Å²) >= 11 is 0. The van der Waals surface area contributed by atoms with Crippen LogP contribution in [0.15, 0.2) is 47.4 Å². The summed E-state index contributed by atoms with van der Waals surface area (Å²) in [5.74, 6) is -1.79. The molecule has 1 heterocycles. The summed E-state index contributed by atoms with van der Waals surface area (Å²) in [7, 11) is -3.48. The fraction of sp³-hybridized carbons (Fsp3) is 0.350. The van der Waals surface area contributed by atoms with Crippen LogP contribution in [0.4, 0.5) is 14.5 Å². The number of benzene rings is 2. The predicted octanol–water partition coefficient (Wildman–Crippen LogP) is 3.71. The van der Waals surface area contributed by atoms with Crippen LogP contribution in [0.1, 0.15) is 31.2 Å². The Morgan fingerprint density at radius 1 is 1.00 bits per heavy atom. The third-order valence-corrected chi connectivity index (χ3v) is 6.63. The second-order valence-electron chi connectivity index (χ2n) is 6.78. The Hall–Kier alpha value is -2.32. The average Bonchev–Trinajstić information content (AvgIpc) is 2.70. The molecular weight excluding hydrogens is 386 g/mol. The van der Waals surface area contributed by atoms with Crippen molar-refractivity contribution >= 4 is 21.6 Å². The lowest BCUT2D eigenvalue weighted by Gasteiger charge is -2.25. The van der Waals surface area contributed by atoms with E-state index in [1.54, 1.807) is 24.3 Å². The number of amides is 1. The maximum Gasteiger partial charge on any atom is 0.243 e. The highest BCUT2D eigenvalue weighted by Crippen LogP contribution is 2.21. The number of nitrogens with one attached hydrogen (secondary N) is 1. The summed E-state index contributed by atoms with van der Waals surface area (Å²) in [6, 6.07) is 9.29. The second-order valence-corrected chi connectivity index (χ2v) is 8.72. The number of hydrogen-bond donors (Lipinski definition) is 1. The van der Waals surface area contributed by atoms with Gasteiger partial charge in [-0.25, -0.2) is 17.2 Å². The fourth-order valence-corrected chi connectivity index (χ4v) is 4.66. The minimum Gasteiger partial charge on any atom is -0.324 e. The number of sulfonamides is 1. The van der Waals surface area contributed by atoms with Gasteiger partial charge in [0, 0.05) is 25.6 Å². The zero-order chi connectivity index (χ0) is 20.1. The van der Waals surface area contributed by atoms with Crippen molar-refractivity contribution in [2.45, 2.75) is 37.0 Å². The number of carbonyl (C=O) groups excluding carboxylic acids is 1. The van der Waals surface area contributed by atoms with Crippen LogP contribution < -0.4 is 5.32 Å². The molecule has 1 fully saturated rings. The van der Waals surface area contributed by atoms with E-state index >= 15 is 0 Å². The Labute approximate surface area is 163 Å². The van der Waals surface area contributed by atoms with Gasteiger partial charge in [-0.05, 0) is 49.1 Å². The molecule has 0 atom stereocenters. The van der Waals surface area contributed by atoms with E-state index < -0.39 is 27.6 Å². The van der Waals surface area contributed by atoms with Crippen LogP contribution in [-0.2, 0) is 21.2 Å². The van der Waals surface area contributed by atoms with Gasteiger partial charge >= 0.3 is 0 Å². The molecule has 0 radical (unpaired) electrons. The van der Waals surface area contributed by atoms with Crippen molar-refractivity contribution in [2.75, 3.05) is 18.4 Å². The number of anilines is 1. The van der Waals surface area contributed by atoms with Gasteiger partial charge in [-0.1, -0.05) is 18.6 Å². The van der Waals surface area contributed by atoms with E-state index in [2.05, 4.69) is 5.32 Å². The molecule has 0 saturated carbocycles. The molecule has 1 aliphatic rings. The van der Waals surface area contributed by atoms with Crippen molar-refractivity contribution in [3.8, 4) is 0 Å². The van der Waals surface area contributed by atoms with Gasteiger partial charge in [-0.2, -0.15) is 4.31 Å². The van der Waals surface area contributed by atoms with E-state index in [9.17, 15) is 22.0 Å². The lowest BCUT2D eigenvalue weighted by Crippen LogP contribution is -2.35. The summed E-state index contributed by atoms with van der Waals surface area (Å²) < 4.78 is 53.5. The molecule has 0 aliphatic carbocycles. The first kappa shape index (κ1) is 20.4. The van der Waals surface area contributed by atoms with Gasteiger partial charge in [0.05, 0.1) is 10.6 Å². The van der Waals surface area contributed by atoms with Gasteiger partial charge in [0.1, 0.15) is 11.6 Å². The molecule has 8 heteroatoms. The van der Waals surface area contributed by atoms with E-state index in [0.29, 0.717) is 19.5 Å². The van der Waals surface area contributed by atoms with Crippen LogP contribution in [0.2, 0.25) is 0 Å². The largest absolute Gasteiger partial charge is 0.324 e. The molecule has 0 aromatic heterocycles. The molecule has 0 unspecified atom stereocenters. The molecule has 2 aromatic rings. The van der Waals surface area contributed by atoms with E-state index in [1.165, 1.54) is 4.31 Å². The Kier molecular flexibility index (Phi) is 6.41. The smallest absolute Gasteiger partial charge is 0.243 e. The van der Waals surface area contributed by atoms with E-state index in [1.807, 2.05) is 0 Å². The first-order chi connectivity index (χ1) is 13.4. The van der Waals surface area contributed by atoms with E-state index in [4.69, 9.17) is 0 Å². The minimum atomic E-state index is -3.48. The molecule has 28 heavy (non-hydrogen) atoms. The Morgan fingerprint density at radius 2 is 1.68 bits per heavy atom. The van der Waals surface area contributed by atoms with Crippen molar-refractivity contribution in [3.05, 3.63) is 59.7 Å². The molecule has 1 aliphatic heterocycles. The van der Waals surface area contributed by atoms with Gasteiger partial charge in [0.25, 0.3) is 0 Å². The second kappa shape index (κ2) is 8.79. The number of piperidine rings is 1. The zero-order valence-electron chi connectivity index (χ0n) is 15.3.